The van der Waals surface area contributed by atoms with Crippen LogP contribution >= 0.6 is 0 Å². The summed E-state index contributed by atoms with van der Waals surface area (Å²) in [6, 6.07) is 7.14. The van der Waals surface area contributed by atoms with Gasteiger partial charge in [-0.25, -0.2) is 9.97 Å². The molecule has 2 amide bonds. The minimum atomic E-state index is -3.56. The number of amides is 2. The average Bonchev–Trinajstić information content (AvgIpc) is 3.62. The first kappa shape index (κ1) is 33.4. The standard InChI is InChI=1S/C29H33N5O10S2/c1-32-28(35)24(22-18-33(26-20(22)6-4-8-30-26)10-12-41-14-16-43-45(2,37)38)25(29(32)36)23-19-34(27-21(23)7-5-9-31-27)11-13-42-15-17-44-46(3,39)40/h4-9,18-19H,10-17H2,1-3H3. The fourth-order valence-corrected chi connectivity index (χ4v) is 5.89. The third-order valence-electron chi connectivity index (χ3n) is 7.10. The summed E-state index contributed by atoms with van der Waals surface area (Å²) in [7, 11) is -5.69. The molecule has 0 saturated heterocycles. The highest BCUT2D eigenvalue weighted by Gasteiger charge is 2.39. The molecule has 0 spiro atoms. The van der Waals surface area contributed by atoms with Gasteiger partial charge >= 0.3 is 0 Å². The first-order chi connectivity index (χ1) is 21.9. The van der Waals surface area contributed by atoms with Crippen LogP contribution in [0.1, 0.15) is 11.1 Å². The molecule has 46 heavy (non-hydrogen) atoms. The Kier molecular flexibility index (Phi) is 9.99. The summed E-state index contributed by atoms with van der Waals surface area (Å²) in [6.07, 6.45) is 8.71. The zero-order valence-electron chi connectivity index (χ0n) is 25.4. The number of rotatable bonds is 16. The third kappa shape index (κ3) is 7.51. The van der Waals surface area contributed by atoms with Crippen LogP contribution in [0.3, 0.4) is 0 Å². The van der Waals surface area contributed by atoms with Gasteiger partial charge in [-0.2, -0.15) is 16.8 Å². The number of ether oxygens (including phenoxy) is 2. The van der Waals surface area contributed by atoms with Crippen LogP contribution in [0, 0.1) is 0 Å². The Morgan fingerprint density at radius 1 is 0.652 bits per heavy atom. The van der Waals surface area contributed by atoms with Crippen LogP contribution in [0.15, 0.2) is 49.1 Å². The molecule has 0 bridgehead atoms. The van der Waals surface area contributed by atoms with Gasteiger partial charge < -0.3 is 18.6 Å². The highest BCUT2D eigenvalue weighted by Crippen LogP contribution is 2.40. The Morgan fingerprint density at radius 2 is 1.07 bits per heavy atom. The zero-order valence-corrected chi connectivity index (χ0v) is 27.0. The lowest BCUT2D eigenvalue weighted by Gasteiger charge is -2.06. The van der Waals surface area contributed by atoms with Crippen LogP contribution in [0.25, 0.3) is 33.2 Å². The van der Waals surface area contributed by atoms with E-state index in [0.717, 1.165) is 17.4 Å². The number of hydrogen-bond donors (Lipinski definition) is 0. The van der Waals surface area contributed by atoms with Gasteiger partial charge in [0.05, 0.1) is 63.3 Å². The average molecular weight is 676 g/mol. The van der Waals surface area contributed by atoms with E-state index >= 15 is 0 Å². The maximum atomic E-state index is 13.7. The second-order valence-corrected chi connectivity index (χ2v) is 13.7. The summed E-state index contributed by atoms with van der Waals surface area (Å²) in [5, 5.41) is 1.33. The largest absolute Gasteiger partial charge is 0.377 e. The summed E-state index contributed by atoms with van der Waals surface area (Å²) in [6.45, 7) is 1.02. The molecule has 1 aliphatic heterocycles. The topological polar surface area (TPSA) is 178 Å². The Hall–Kier alpha value is -4.00. The highest BCUT2D eigenvalue weighted by molar-refractivity contribution is 7.86. The molecule has 5 rings (SSSR count). The quantitative estimate of drug-likeness (QED) is 0.0946. The number of nitrogens with zero attached hydrogens (tertiary/aromatic N) is 5. The van der Waals surface area contributed by atoms with Gasteiger partial charge in [-0.3, -0.25) is 22.9 Å². The summed E-state index contributed by atoms with van der Waals surface area (Å²) < 4.78 is 68.8. The van der Waals surface area contributed by atoms with Crippen molar-refractivity contribution in [2.24, 2.45) is 0 Å². The van der Waals surface area contributed by atoms with E-state index in [0.29, 0.717) is 46.3 Å². The molecule has 246 valence electrons. The minimum Gasteiger partial charge on any atom is -0.377 e. The minimum absolute atomic E-state index is 0.0667. The van der Waals surface area contributed by atoms with Gasteiger partial charge in [-0.05, 0) is 24.3 Å². The second-order valence-electron chi connectivity index (χ2n) is 10.4. The first-order valence-corrected chi connectivity index (χ1v) is 17.8. The van der Waals surface area contributed by atoms with E-state index in [1.54, 1.807) is 36.9 Å². The maximum Gasteiger partial charge on any atom is 0.264 e. The Balaban J connectivity index is 1.46. The van der Waals surface area contributed by atoms with Crippen LogP contribution in [0.4, 0.5) is 0 Å². The van der Waals surface area contributed by atoms with Crippen molar-refractivity contribution in [2.75, 3.05) is 59.2 Å². The van der Waals surface area contributed by atoms with E-state index in [1.165, 1.54) is 7.05 Å². The maximum absolute atomic E-state index is 13.7. The van der Waals surface area contributed by atoms with Crippen molar-refractivity contribution in [3.63, 3.8) is 0 Å². The Labute approximate surface area is 265 Å². The molecule has 0 fully saturated rings. The molecular weight excluding hydrogens is 642 g/mol. The normalized spacial score (nSPS) is 14.5. The molecule has 0 N–H and O–H groups in total. The molecule has 0 saturated carbocycles. The Bertz CT molecular complexity index is 1890. The lowest BCUT2D eigenvalue weighted by atomic mass is 9.96. The van der Waals surface area contributed by atoms with Crippen LogP contribution in [-0.4, -0.2) is 112 Å². The monoisotopic (exact) mass is 675 g/mol. The van der Waals surface area contributed by atoms with Crippen molar-refractivity contribution < 1.29 is 44.3 Å². The predicted octanol–water partition coefficient (Wildman–Crippen LogP) is 1.28. The molecular formula is C29H33N5O10S2. The van der Waals surface area contributed by atoms with Crippen LogP contribution in [0.2, 0.25) is 0 Å². The molecule has 0 aromatic carbocycles. The van der Waals surface area contributed by atoms with E-state index in [-0.39, 0.29) is 50.8 Å². The van der Waals surface area contributed by atoms with Crippen LogP contribution in [-0.2, 0) is 60.8 Å². The van der Waals surface area contributed by atoms with Crippen LogP contribution in [0.5, 0.6) is 0 Å². The van der Waals surface area contributed by atoms with E-state index < -0.39 is 32.1 Å². The van der Waals surface area contributed by atoms with Crippen LogP contribution < -0.4 is 0 Å². The lowest BCUT2D eigenvalue weighted by Crippen LogP contribution is -2.26. The van der Waals surface area contributed by atoms with Gasteiger partial charge in [-0.15, -0.1) is 0 Å². The summed E-state index contributed by atoms with van der Waals surface area (Å²) in [4.78, 5) is 37.5. The van der Waals surface area contributed by atoms with Gasteiger partial charge in [0.15, 0.2) is 0 Å². The summed E-state index contributed by atoms with van der Waals surface area (Å²) >= 11 is 0. The number of pyridine rings is 2. The predicted molar refractivity (Wildman–Crippen MR) is 167 cm³/mol. The molecule has 1 aliphatic rings. The molecule has 5 heterocycles. The van der Waals surface area contributed by atoms with Crippen molar-refractivity contribution in [1.29, 1.82) is 0 Å². The molecule has 4 aromatic heterocycles. The zero-order chi connectivity index (χ0) is 33.1. The summed E-state index contributed by atoms with van der Waals surface area (Å²) in [5.74, 6) is -0.924. The summed E-state index contributed by atoms with van der Waals surface area (Å²) in [5.41, 5.74) is 2.67. The van der Waals surface area contributed by atoms with Gasteiger partial charge in [0, 0.05) is 66.8 Å². The van der Waals surface area contributed by atoms with Gasteiger partial charge in [0.1, 0.15) is 11.3 Å². The van der Waals surface area contributed by atoms with Gasteiger partial charge in [0.2, 0.25) is 0 Å². The highest BCUT2D eigenvalue weighted by atomic mass is 32.2. The fraction of sp³-hybridized carbons (Fsp3) is 0.379. The van der Waals surface area contributed by atoms with Crippen molar-refractivity contribution in [3.8, 4) is 0 Å². The van der Waals surface area contributed by atoms with Crippen molar-refractivity contribution in [2.45, 2.75) is 13.1 Å². The number of likely N-dealkylation sites (N-methyl/N-ethyl adjacent to an activating group) is 1. The van der Waals surface area contributed by atoms with Crippen molar-refractivity contribution in [3.05, 3.63) is 60.2 Å². The number of hydrogen-bond acceptors (Lipinski definition) is 12. The van der Waals surface area contributed by atoms with Gasteiger partial charge in [-0.1, -0.05) is 0 Å². The van der Waals surface area contributed by atoms with Crippen molar-refractivity contribution in [1.82, 2.24) is 24.0 Å². The molecule has 17 heteroatoms. The molecule has 4 aromatic rings. The van der Waals surface area contributed by atoms with E-state index in [1.807, 2.05) is 21.3 Å². The lowest BCUT2D eigenvalue weighted by molar-refractivity contribution is -0.134. The SMILES string of the molecule is CN1C(=O)C(c2cn(CCOCCOS(C)(=O)=O)c3ncccc23)=C(c2cn(CCOCCOS(C)(=O)=O)c3ncccc23)C1=O. The number of aromatic nitrogens is 4. The number of imide groups is 1. The molecule has 0 unspecified atom stereocenters. The van der Waals surface area contributed by atoms with E-state index in [2.05, 4.69) is 9.97 Å². The number of carbonyl (C=O) groups is 2. The smallest absolute Gasteiger partial charge is 0.264 e. The third-order valence-corrected chi connectivity index (χ3v) is 8.29. The van der Waals surface area contributed by atoms with E-state index in [4.69, 9.17) is 17.8 Å². The van der Waals surface area contributed by atoms with Gasteiger partial charge in [0.25, 0.3) is 32.1 Å². The first-order valence-electron chi connectivity index (χ1n) is 14.1. The molecule has 15 nitrogen and oxygen atoms in total. The second kappa shape index (κ2) is 13.8. The number of carbonyl (C=O) groups excluding carboxylic acids is 2. The fourth-order valence-electron chi connectivity index (χ4n) is 5.14. The molecule has 0 radical (unpaired) electrons. The number of fused-ring (bicyclic) bond motifs is 2. The molecule has 0 aliphatic carbocycles. The Morgan fingerprint density at radius 3 is 1.46 bits per heavy atom. The van der Waals surface area contributed by atoms with E-state index in [9.17, 15) is 26.4 Å². The molecule has 0 atom stereocenters. The van der Waals surface area contributed by atoms with Crippen molar-refractivity contribution >= 4 is 65.3 Å².